The van der Waals surface area contributed by atoms with Crippen molar-refractivity contribution in [2.45, 2.75) is 25.8 Å². The average Bonchev–Trinajstić information content (AvgIpc) is 2.88. The number of aliphatic carboxylic acids is 1. The standard InChI is InChI=1S/C29H26ClFN2O4/c1-18-4-2-7-24(30)26(18)27(34)32-25(29(36)37)16-19-8-10-20(11-9-19)21-12-14-33(15-13-21)28(35)22-5-3-6-23(31)17-22/h2-12,17,25H,13-16H2,1H3,(H,32,34)(H,36,37)/t25-/m0/s1. The molecule has 0 bridgehead atoms. The van der Waals surface area contributed by atoms with Gasteiger partial charge in [-0.05, 0) is 59.9 Å². The number of hydrogen-bond acceptors (Lipinski definition) is 3. The summed E-state index contributed by atoms with van der Waals surface area (Å²) in [6, 6.07) is 17.1. The Kier molecular flexibility index (Phi) is 8.04. The fourth-order valence-corrected chi connectivity index (χ4v) is 4.67. The number of amides is 2. The quantitative estimate of drug-likeness (QED) is 0.451. The molecule has 2 N–H and O–H groups in total. The zero-order valence-corrected chi connectivity index (χ0v) is 21.0. The summed E-state index contributed by atoms with van der Waals surface area (Å²) in [5.41, 5.74) is 4.06. The summed E-state index contributed by atoms with van der Waals surface area (Å²) in [5, 5.41) is 12.5. The van der Waals surface area contributed by atoms with Crippen molar-refractivity contribution < 1.29 is 23.9 Å². The normalized spacial score (nSPS) is 14.0. The van der Waals surface area contributed by atoms with E-state index < -0.39 is 23.7 Å². The second-order valence-electron chi connectivity index (χ2n) is 8.94. The van der Waals surface area contributed by atoms with Crippen LogP contribution in [-0.4, -0.2) is 46.9 Å². The zero-order chi connectivity index (χ0) is 26.5. The Labute approximate surface area is 219 Å². The Balaban J connectivity index is 1.40. The second kappa shape index (κ2) is 11.4. The van der Waals surface area contributed by atoms with Crippen molar-refractivity contribution in [2.24, 2.45) is 0 Å². The van der Waals surface area contributed by atoms with Gasteiger partial charge in [0.1, 0.15) is 11.9 Å². The molecular weight excluding hydrogens is 495 g/mol. The number of nitrogens with one attached hydrogen (secondary N) is 1. The van der Waals surface area contributed by atoms with Gasteiger partial charge in [-0.15, -0.1) is 0 Å². The first-order valence-corrected chi connectivity index (χ1v) is 12.2. The molecule has 0 saturated carbocycles. The number of rotatable bonds is 7. The molecule has 37 heavy (non-hydrogen) atoms. The number of nitrogens with zero attached hydrogens (tertiary/aromatic N) is 1. The maximum absolute atomic E-state index is 13.5. The monoisotopic (exact) mass is 520 g/mol. The van der Waals surface area contributed by atoms with Gasteiger partial charge in [0.2, 0.25) is 0 Å². The molecule has 1 aliphatic heterocycles. The van der Waals surface area contributed by atoms with Crippen LogP contribution in [0.1, 0.15) is 43.8 Å². The number of aryl methyl sites for hydroxylation is 1. The summed E-state index contributed by atoms with van der Waals surface area (Å²) in [7, 11) is 0. The predicted molar refractivity (Wildman–Crippen MR) is 140 cm³/mol. The largest absolute Gasteiger partial charge is 0.480 e. The molecule has 0 aliphatic carbocycles. The molecule has 0 unspecified atom stereocenters. The van der Waals surface area contributed by atoms with Crippen molar-refractivity contribution in [1.82, 2.24) is 10.2 Å². The van der Waals surface area contributed by atoms with E-state index in [1.807, 2.05) is 30.3 Å². The third-order valence-corrected chi connectivity index (χ3v) is 6.70. The summed E-state index contributed by atoms with van der Waals surface area (Å²) < 4.78 is 13.5. The Morgan fingerprint density at radius 2 is 1.81 bits per heavy atom. The van der Waals surface area contributed by atoms with Crippen molar-refractivity contribution in [3.8, 4) is 0 Å². The number of carbonyl (C=O) groups is 3. The van der Waals surface area contributed by atoms with Crippen LogP contribution in [0.25, 0.3) is 5.57 Å². The number of carbonyl (C=O) groups excluding carboxylic acids is 2. The van der Waals surface area contributed by atoms with Gasteiger partial charge in [0, 0.05) is 25.1 Å². The number of carboxylic acid groups (broad SMARTS) is 1. The minimum absolute atomic E-state index is 0.111. The first-order chi connectivity index (χ1) is 17.7. The number of carboxylic acids is 1. The fraction of sp³-hybridized carbons (Fsp3) is 0.207. The molecule has 0 aromatic heterocycles. The van der Waals surface area contributed by atoms with E-state index >= 15 is 0 Å². The molecule has 0 radical (unpaired) electrons. The molecule has 6 nitrogen and oxygen atoms in total. The van der Waals surface area contributed by atoms with Gasteiger partial charge in [0.15, 0.2) is 0 Å². The molecular formula is C29H26ClFN2O4. The van der Waals surface area contributed by atoms with Crippen LogP contribution >= 0.6 is 11.6 Å². The van der Waals surface area contributed by atoms with Gasteiger partial charge in [-0.1, -0.05) is 60.1 Å². The molecule has 1 atom stereocenters. The smallest absolute Gasteiger partial charge is 0.326 e. The maximum atomic E-state index is 13.5. The summed E-state index contributed by atoms with van der Waals surface area (Å²) in [4.78, 5) is 38.9. The van der Waals surface area contributed by atoms with Crippen molar-refractivity contribution in [2.75, 3.05) is 13.1 Å². The first kappa shape index (κ1) is 26.1. The molecule has 3 aromatic rings. The van der Waals surface area contributed by atoms with Gasteiger partial charge >= 0.3 is 5.97 Å². The van der Waals surface area contributed by atoms with Gasteiger partial charge in [-0.3, -0.25) is 9.59 Å². The van der Waals surface area contributed by atoms with Gasteiger partial charge in [-0.25, -0.2) is 9.18 Å². The average molecular weight is 521 g/mol. The van der Waals surface area contributed by atoms with Crippen LogP contribution in [0.2, 0.25) is 5.02 Å². The van der Waals surface area contributed by atoms with Crippen molar-refractivity contribution in [1.29, 1.82) is 0 Å². The lowest BCUT2D eigenvalue weighted by Crippen LogP contribution is -2.42. The van der Waals surface area contributed by atoms with E-state index in [4.69, 9.17) is 11.6 Å². The lowest BCUT2D eigenvalue weighted by atomic mass is 9.96. The van der Waals surface area contributed by atoms with E-state index in [1.54, 1.807) is 36.1 Å². The highest BCUT2D eigenvalue weighted by Gasteiger charge is 2.24. The molecule has 3 aromatic carbocycles. The Morgan fingerprint density at radius 1 is 1.08 bits per heavy atom. The molecule has 0 spiro atoms. The van der Waals surface area contributed by atoms with Crippen molar-refractivity contribution >= 4 is 35.0 Å². The molecule has 1 heterocycles. The van der Waals surface area contributed by atoms with Crippen LogP contribution in [0.4, 0.5) is 4.39 Å². The maximum Gasteiger partial charge on any atom is 0.326 e. The molecule has 0 saturated heterocycles. The molecule has 0 fully saturated rings. The zero-order valence-electron chi connectivity index (χ0n) is 20.2. The van der Waals surface area contributed by atoms with Crippen LogP contribution in [-0.2, 0) is 11.2 Å². The predicted octanol–water partition coefficient (Wildman–Crippen LogP) is 5.14. The van der Waals surface area contributed by atoms with E-state index in [9.17, 15) is 23.9 Å². The van der Waals surface area contributed by atoms with E-state index in [2.05, 4.69) is 5.32 Å². The second-order valence-corrected chi connectivity index (χ2v) is 9.35. The van der Waals surface area contributed by atoms with Crippen LogP contribution in [0.3, 0.4) is 0 Å². The lowest BCUT2D eigenvalue weighted by Gasteiger charge is -2.27. The number of benzene rings is 3. The van der Waals surface area contributed by atoms with Crippen LogP contribution in [0.5, 0.6) is 0 Å². The highest BCUT2D eigenvalue weighted by molar-refractivity contribution is 6.34. The van der Waals surface area contributed by atoms with Gasteiger partial charge in [0.05, 0.1) is 10.6 Å². The van der Waals surface area contributed by atoms with Crippen LogP contribution in [0.15, 0.2) is 72.8 Å². The molecule has 2 amide bonds. The topological polar surface area (TPSA) is 86.7 Å². The van der Waals surface area contributed by atoms with Gasteiger partial charge in [-0.2, -0.15) is 0 Å². The number of halogens is 2. The first-order valence-electron chi connectivity index (χ1n) is 11.8. The van der Waals surface area contributed by atoms with Crippen molar-refractivity contribution in [3.05, 3.63) is 111 Å². The summed E-state index contributed by atoms with van der Waals surface area (Å²) in [6.07, 6.45) is 2.73. The summed E-state index contributed by atoms with van der Waals surface area (Å²) in [6.45, 7) is 2.67. The Morgan fingerprint density at radius 3 is 2.43 bits per heavy atom. The van der Waals surface area contributed by atoms with Crippen LogP contribution in [0, 0.1) is 12.7 Å². The highest BCUT2D eigenvalue weighted by Crippen LogP contribution is 2.24. The van der Waals surface area contributed by atoms with Gasteiger partial charge < -0.3 is 15.3 Å². The minimum Gasteiger partial charge on any atom is -0.480 e. The molecule has 190 valence electrons. The fourth-order valence-electron chi connectivity index (χ4n) is 4.36. The van der Waals surface area contributed by atoms with Crippen LogP contribution < -0.4 is 5.32 Å². The molecule has 1 aliphatic rings. The van der Waals surface area contributed by atoms with Gasteiger partial charge in [0.25, 0.3) is 11.8 Å². The number of hydrogen-bond donors (Lipinski definition) is 2. The third-order valence-electron chi connectivity index (χ3n) is 6.38. The van der Waals surface area contributed by atoms with E-state index in [0.717, 1.165) is 16.7 Å². The van der Waals surface area contributed by atoms with E-state index in [1.165, 1.54) is 18.2 Å². The molecule has 4 rings (SSSR count). The molecule has 8 heteroatoms. The third kappa shape index (κ3) is 6.24. The lowest BCUT2D eigenvalue weighted by molar-refractivity contribution is -0.139. The SMILES string of the molecule is Cc1cccc(Cl)c1C(=O)N[C@@H](Cc1ccc(C2=CCN(C(=O)c3cccc(F)c3)CC2)cc1)C(=O)O. The van der Waals surface area contributed by atoms with Crippen molar-refractivity contribution in [3.63, 3.8) is 0 Å². The summed E-state index contributed by atoms with van der Waals surface area (Å²) in [5.74, 6) is -2.32. The van der Waals surface area contributed by atoms with E-state index in [0.29, 0.717) is 30.6 Å². The van der Waals surface area contributed by atoms with E-state index in [-0.39, 0.29) is 22.9 Å². The minimum atomic E-state index is -1.14. The Bertz CT molecular complexity index is 1350. The Hall–Kier alpha value is -3.97. The summed E-state index contributed by atoms with van der Waals surface area (Å²) >= 11 is 6.15. The highest BCUT2D eigenvalue weighted by atomic mass is 35.5.